The zero-order chi connectivity index (χ0) is 32.3. The van der Waals surface area contributed by atoms with E-state index in [1.54, 1.807) is 0 Å². The molecule has 1 N–H and O–H groups in total. The molecule has 2 aromatic rings. The number of terminal acetylenes is 1. The van der Waals surface area contributed by atoms with Crippen molar-refractivity contribution in [3.8, 4) is 23.5 Å². The number of alkyl carbamates (subject to hydrolysis) is 1. The van der Waals surface area contributed by atoms with Crippen LogP contribution < -0.4 is 5.32 Å². The van der Waals surface area contributed by atoms with Gasteiger partial charge < -0.3 is 47.9 Å². The summed E-state index contributed by atoms with van der Waals surface area (Å²) in [5.74, 6) is 2.45. The summed E-state index contributed by atoms with van der Waals surface area (Å²) in [4.78, 5) is 12.2. The summed E-state index contributed by atoms with van der Waals surface area (Å²) in [5, 5.41) is 2.80. The van der Waals surface area contributed by atoms with Crippen LogP contribution in [-0.2, 0) is 42.6 Å². The van der Waals surface area contributed by atoms with Gasteiger partial charge in [0.15, 0.2) is 0 Å². The molecule has 0 unspecified atom stereocenters. The predicted molar refractivity (Wildman–Crippen MR) is 173 cm³/mol. The van der Waals surface area contributed by atoms with Gasteiger partial charge in [0.1, 0.15) is 13.2 Å². The number of rotatable bonds is 28. The molecule has 0 fully saturated rings. The Labute approximate surface area is 273 Å². The minimum atomic E-state index is -0.414. The van der Waals surface area contributed by atoms with E-state index < -0.39 is 6.09 Å². The number of carbonyl (C=O) groups excluding carboxylic acids is 1. The standard InChI is InChI=1S/C35H49NO10/c1-2-13-38-15-17-40-19-21-42-23-25-44-27-28-45-26-24-43-22-20-41-18-16-39-14-7-12-36-35(37)46-29-34-32-10-5-3-8-30(32)31-9-4-6-11-33(31)34/h1,3-6,8-11,34H,7,12-29H2,(H,36,37). The fourth-order valence-electron chi connectivity index (χ4n) is 4.68. The summed E-state index contributed by atoms with van der Waals surface area (Å²) >= 11 is 0. The molecule has 0 saturated carbocycles. The molecule has 0 saturated heterocycles. The van der Waals surface area contributed by atoms with Gasteiger partial charge >= 0.3 is 6.09 Å². The number of carbonyl (C=O) groups is 1. The summed E-state index contributed by atoms with van der Waals surface area (Å²) in [6.07, 6.45) is 5.36. The van der Waals surface area contributed by atoms with Gasteiger partial charge in [-0.2, -0.15) is 0 Å². The molecule has 0 spiro atoms. The van der Waals surface area contributed by atoms with Crippen molar-refractivity contribution in [3.63, 3.8) is 0 Å². The lowest BCUT2D eigenvalue weighted by Gasteiger charge is -2.14. The maximum atomic E-state index is 12.2. The van der Waals surface area contributed by atoms with E-state index in [1.807, 2.05) is 24.3 Å². The monoisotopic (exact) mass is 643 g/mol. The average Bonchev–Trinajstić information content (AvgIpc) is 3.40. The lowest BCUT2D eigenvalue weighted by molar-refractivity contribution is -0.0225. The highest BCUT2D eigenvalue weighted by Gasteiger charge is 2.28. The van der Waals surface area contributed by atoms with Crippen LogP contribution >= 0.6 is 0 Å². The number of ether oxygens (including phenoxy) is 9. The largest absolute Gasteiger partial charge is 0.449 e. The molecule has 0 heterocycles. The third kappa shape index (κ3) is 15.5. The number of nitrogens with one attached hydrogen (secondary N) is 1. The van der Waals surface area contributed by atoms with Crippen LogP contribution in [0.3, 0.4) is 0 Å². The van der Waals surface area contributed by atoms with Gasteiger partial charge in [-0.25, -0.2) is 4.79 Å². The van der Waals surface area contributed by atoms with Crippen molar-refractivity contribution in [3.05, 3.63) is 59.7 Å². The van der Waals surface area contributed by atoms with Crippen LogP contribution in [0, 0.1) is 12.3 Å². The highest BCUT2D eigenvalue weighted by molar-refractivity contribution is 5.79. The predicted octanol–water partition coefficient (Wildman–Crippen LogP) is 3.68. The van der Waals surface area contributed by atoms with Crippen molar-refractivity contribution < 1.29 is 47.4 Å². The molecule has 0 radical (unpaired) electrons. The Morgan fingerprint density at radius 3 is 1.41 bits per heavy atom. The molecular weight excluding hydrogens is 594 g/mol. The molecule has 11 nitrogen and oxygen atoms in total. The number of amides is 1. The summed E-state index contributed by atoms with van der Waals surface area (Å²) < 4.78 is 48.9. The summed E-state index contributed by atoms with van der Waals surface area (Å²) in [6.45, 7) is 8.56. The normalized spacial score (nSPS) is 12.1. The van der Waals surface area contributed by atoms with E-state index in [0.717, 1.165) is 0 Å². The van der Waals surface area contributed by atoms with Gasteiger partial charge in [0, 0.05) is 19.1 Å². The first-order valence-electron chi connectivity index (χ1n) is 16.0. The minimum absolute atomic E-state index is 0.0527. The van der Waals surface area contributed by atoms with Crippen molar-refractivity contribution in [1.29, 1.82) is 0 Å². The van der Waals surface area contributed by atoms with Crippen LogP contribution in [0.5, 0.6) is 0 Å². The summed E-state index contributed by atoms with van der Waals surface area (Å²) in [5.41, 5.74) is 4.81. The molecule has 46 heavy (non-hydrogen) atoms. The fourth-order valence-corrected chi connectivity index (χ4v) is 4.68. The van der Waals surface area contributed by atoms with Gasteiger partial charge in [-0.3, -0.25) is 0 Å². The molecule has 254 valence electrons. The summed E-state index contributed by atoms with van der Waals surface area (Å²) in [7, 11) is 0. The Morgan fingerprint density at radius 2 is 0.978 bits per heavy atom. The van der Waals surface area contributed by atoms with E-state index >= 15 is 0 Å². The van der Waals surface area contributed by atoms with Crippen LogP contribution in [0.1, 0.15) is 23.5 Å². The van der Waals surface area contributed by atoms with Crippen molar-refractivity contribution in [2.75, 3.05) is 119 Å². The lowest BCUT2D eigenvalue weighted by Crippen LogP contribution is -2.27. The highest BCUT2D eigenvalue weighted by Crippen LogP contribution is 2.44. The number of benzene rings is 2. The molecule has 0 aromatic heterocycles. The van der Waals surface area contributed by atoms with E-state index in [2.05, 4.69) is 35.5 Å². The molecular formula is C35H49NO10. The third-order valence-corrected chi connectivity index (χ3v) is 6.87. The second kappa shape index (κ2) is 25.1. The Kier molecular flexibility index (Phi) is 20.4. The molecule has 0 atom stereocenters. The van der Waals surface area contributed by atoms with Gasteiger partial charge in [0.05, 0.1) is 92.5 Å². The maximum absolute atomic E-state index is 12.2. The molecule has 1 aliphatic carbocycles. The molecule has 0 bridgehead atoms. The number of hydrogen-bond donors (Lipinski definition) is 1. The summed E-state index contributed by atoms with van der Waals surface area (Å²) in [6, 6.07) is 16.6. The van der Waals surface area contributed by atoms with Crippen molar-refractivity contribution in [1.82, 2.24) is 5.32 Å². The van der Waals surface area contributed by atoms with Crippen molar-refractivity contribution >= 4 is 6.09 Å². The first-order chi connectivity index (χ1) is 22.8. The topological polar surface area (TPSA) is 112 Å². The second-order valence-electron chi connectivity index (χ2n) is 10.1. The van der Waals surface area contributed by atoms with Crippen molar-refractivity contribution in [2.45, 2.75) is 12.3 Å². The van der Waals surface area contributed by atoms with E-state index in [9.17, 15) is 4.79 Å². The van der Waals surface area contributed by atoms with Crippen LogP contribution in [-0.4, -0.2) is 125 Å². The Morgan fingerprint density at radius 1 is 0.587 bits per heavy atom. The number of fused-ring (bicyclic) bond motifs is 3. The zero-order valence-corrected chi connectivity index (χ0v) is 26.8. The lowest BCUT2D eigenvalue weighted by atomic mass is 9.98. The highest BCUT2D eigenvalue weighted by atomic mass is 16.6. The third-order valence-electron chi connectivity index (χ3n) is 6.87. The molecule has 1 amide bonds. The Hall–Kier alpha value is -3.05. The molecule has 11 heteroatoms. The van der Waals surface area contributed by atoms with Gasteiger partial charge in [-0.05, 0) is 28.7 Å². The fraction of sp³-hybridized carbons (Fsp3) is 0.571. The Balaban J connectivity index is 1.00. The second-order valence-corrected chi connectivity index (χ2v) is 10.1. The number of hydrogen-bond acceptors (Lipinski definition) is 10. The molecule has 2 aromatic carbocycles. The van der Waals surface area contributed by atoms with Crippen LogP contribution in [0.4, 0.5) is 4.79 Å². The minimum Gasteiger partial charge on any atom is -0.449 e. The van der Waals surface area contributed by atoms with Crippen LogP contribution in [0.25, 0.3) is 11.1 Å². The smallest absolute Gasteiger partial charge is 0.407 e. The van der Waals surface area contributed by atoms with Gasteiger partial charge in [-0.1, -0.05) is 54.5 Å². The van der Waals surface area contributed by atoms with E-state index in [4.69, 9.17) is 49.1 Å². The molecule has 0 aliphatic heterocycles. The maximum Gasteiger partial charge on any atom is 0.407 e. The van der Waals surface area contributed by atoms with Crippen LogP contribution in [0.15, 0.2) is 48.5 Å². The average molecular weight is 644 g/mol. The van der Waals surface area contributed by atoms with Gasteiger partial charge in [0.25, 0.3) is 0 Å². The zero-order valence-electron chi connectivity index (χ0n) is 26.8. The van der Waals surface area contributed by atoms with E-state index in [0.29, 0.717) is 125 Å². The molecule has 1 aliphatic rings. The first kappa shape index (κ1) is 37.4. The quantitative estimate of drug-likeness (QED) is 0.109. The van der Waals surface area contributed by atoms with Gasteiger partial charge in [-0.15, -0.1) is 6.42 Å². The first-order valence-corrected chi connectivity index (χ1v) is 16.0. The SMILES string of the molecule is C#CCOCCOCCOCCOCCOCCOCCOCCOCCCNC(=O)OCC1c2ccccc2-c2ccccc21. The Bertz CT molecular complexity index is 1080. The molecule has 3 rings (SSSR count). The van der Waals surface area contributed by atoms with Crippen molar-refractivity contribution in [2.24, 2.45) is 0 Å². The van der Waals surface area contributed by atoms with Crippen LogP contribution in [0.2, 0.25) is 0 Å². The van der Waals surface area contributed by atoms with E-state index in [1.165, 1.54) is 22.3 Å². The van der Waals surface area contributed by atoms with E-state index in [-0.39, 0.29) is 5.92 Å². The van der Waals surface area contributed by atoms with Gasteiger partial charge in [0.2, 0.25) is 0 Å².